The van der Waals surface area contributed by atoms with Gasteiger partial charge < -0.3 is 14.0 Å². The highest BCUT2D eigenvalue weighted by Gasteiger charge is 2.17. The first-order chi connectivity index (χ1) is 10.9. The average molecular weight is 336 g/mol. The zero-order valence-corrected chi connectivity index (χ0v) is 13.2. The van der Waals surface area contributed by atoms with Gasteiger partial charge in [-0.1, -0.05) is 6.92 Å². The van der Waals surface area contributed by atoms with E-state index in [0.717, 1.165) is 6.42 Å². The van der Waals surface area contributed by atoms with Gasteiger partial charge in [-0.25, -0.2) is 4.79 Å². The van der Waals surface area contributed by atoms with Crippen LogP contribution in [0, 0.1) is 0 Å². The number of ether oxygens (including phenoxy) is 1. The lowest BCUT2D eigenvalue weighted by atomic mass is 10.2. The molecule has 2 aromatic rings. The van der Waals surface area contributed by atoms with Crippen LogP contribution in [0.15, 0.2) is 53.4 Å². The van der Waals surface area contributed by atoms with Gasteiger partial charge in [-0.3, -0.25) is 0 Å². The zero-order valence-electron chi connectivity index (χ0n) is 12.4. The minimum absolute atomic E-state index is 0.0427. The van der Waals surface area contributed by atoms with Crippen LogP contribution in [-0.4, -0.2) is 26.1 Å². The molecule has 0 fully saturated rings. The van der Waals surface area contributed by atoms with Gasteiger partial charge in [-0.05, 0) is 55.0 Å². The molecule has 0 heterocycles. The summed E-state index contributed by atoms with van der Waals surface area (Å²) in [5.74, 6) is -0.441. The van der Waals surface area contributed by atoms with E-state index in [9.17, 15) is 18.3 Å². The first-order valence-corrected chi connectivity index (χ1v) is 8.34. The monoisotopic (exact) mass is 336 g/mol. The molecule has 0 saturated carbocycles. The molecule has 0 amide bonds. The molecule has 0 aliphatic carbocycles. The normalized spacial score (nSPS) is 11.0. The Balaban J connectivity index is 2.11. The fraction of sp³-hybridized carbons (Fsp3) is 0.188. The first-order valence-electron chi connectivity index (χ1n) is 6.93. The summed E-state index contributed by atoms with van der Waals surface area (Å²) >= 11 is 0. The molecule has 0 aliphatic rings. The summed E-state index contributed by atoms with van der Waals surface area (Å²) in [6, 6.07) is 10.6. The number of hydrogen-bond donors (Lipinski definition) is 1. The molecule has 6 nitrogen and oxygen atoms in total. The van der Waals surface area contributed by atoms with Gasteiger partial charge in [0.1, 0.15) is 16.4 Å². The van der Waals surface area contributed by atoms with Crippen LogP contribution in [0.1, 0.15) is 23.7 Å². The molecule has 0 aromatic heterocycles. The van der Waals surface area contributed by atoms with Crippen molar-refractivity contribution >= 4 is 16.1 Å². The van der Waals surface area contributed by atoms with Crippen LogP contribution in [0.2, 0.25) is 0 Å². The van der Waals surface area contributed by atoms with Gasteiger partial charge in [-0.15, -0.1) is 0 Å². The Hall–Kier alpha value is -2.54. The molecule has 122 valence electrons. The summed E-state index contributed by atoms with van der Waals surface area (Å²) in [7, 11) is -4.00. The summed E-state index contributed by atoms with van der Waals surface area (Å²) in [6.45, 7) is 2.21. The lowest BCUT2D eigenvalue weighted by Gasteiger charge is -2.08. The predicted octanol–water partition coefficient (Wildman–Crippen LogP) is 2.73. The molecule has 23 heavy (non-hydrogen) atoms. The van der Waals surface area contributed by atoms with Gasteiger partial charge >= 0.3 is 16.1 Å². The fourth-order valence-corrected chi connectivity index (χ4v) is 2.64. The number of phenolic OH excluding ortho intramolecular Hbond substituents is 1. The summed E-state index contributed by atoms with van der Waals surface area (Å²) < 4.78 is 34.1. The number of rotatable bonds is 6. The van der Waals surface area contributed by atoms with E-state index in [4.69, 9.17) is 8.92 Å². The van der Waals surface area contributed by atoms with Gasteiger partial charge in [-0.2, -0.15) is 8.42 Å². The van der Waals surface area contributed by atoms with Gasteiger partial charge in [0, 0.05) is 0 Å². The Morgan fingerprint density at radius 1 is 1.04 bits per heavy atom. The number of esters is 1. The number of carbonyl (C=O) groups excluding carboxylic acids is 1. The smallest absolute Gasteiger partial charge is 0.339 e. The molecule has 2 rings (SSSR count). The van der Waals surface area contributed by atoms with Crippen molar-refractivity contribution in [1.29, 1.82) is 0 Å². The fourth-order valence-electron chi connectivity index (χ4n) is 1.71. The van der Waals surface area contributed by atoms with Crippen molar-refractivity contribution in [2.75, 3.05) is 6.61 Å². The van der Waals surface area contributed by atoms with Gasteiger partial charge in [0.2, 0.25) is 0 Å². The number of benzene rings is 2. The third-order valence-corrected chi connectivity index (χ3v) is 4.12. The Morgan fingerprint density at radius 2 is 1.65 bits per heavy atom. The summed E-state index contributed by atoms with van der Waals surface area (Å²) in [5, 5.41) is 9.18. The first kappa shape index (κ1) is 16.8. The molecule has 0 atom stereocenters. The lowest BCUT2D eigenvalue weighted by molar-refractivity contribution is 0.0505. The Kier molecular flexibility index (Phi) is 5.23. The minimum atomic E-state index is -4.00. The molecule has 1 N–H and O–H groups in total. The summed E-state index contributed by atoms with van der Waals surface area (Å²) in [5.41, 5.74) is 0.313. The van der Waals surface area contributed by atoms with Crippen LogP contribution < -0.4 is 4.18 Å². The van der Waals surface area contributed by atoms with E-state index in [0.29, 0.717) is 12.2 Å². The standard InChI is InChI=1S/C16H16O6S/c1-2-11-21-16(18)12-3-7-14(8-4-12)22-23(19,20)15-9-5-13(17)6-10-15/h3-10,17H,2,11H2,1H3. The van der Waals surface area contributed by atoms with E-state index in [-0.39, 0.29) is 16.4 Å². The van der Waals surface area contributed by atoms with Gasteiger partial charge in [0.05, 0.1) is 12.2 Å². The average Bonchev–Trinajstić information content (AvgIpc) is 2.53. The molecule has 0 aliphatic heterocycles. The van der Waals surface area contributed by atoms with Gasteiger partial charge in [0.25, 0.3) is 0 Å². The van der Waals surface area contributed by atoms with E-state index >= 15 is 0 Å². The molecule has 7 heteroatoms. The van der Waals surface area contributed by atoms with E-state index in [1.54, 1.807) is 0 Å². The number of phenols is 1. The van der Waals surface area contributed by atoms with Crippen molar-refractivity contribution in [3.05, 3.63) is 54.1 Å². The van der Waals surface area contributed by atoms with Crippen LogP contribution in [0.5, 0.6) is 11.5 Å². The van der Waals surface area contributed by atoms with Crippen LogP contribution in [-0.2, 0) is 14.9 Å². The summed E-state index contributed by atoms with van der Waals surface area (Å²) in [4.78, 5) is 11.6. The minimum Gasteiger partial charge on any atom is -0.508 e. The number of aromatic hydroxyl groups is 1. The maximum atomic E-state index is 12.1. The Morgan fingerprint density at radius 3 is 2.22 bits per heavy atom. The predicted molar refractivity (Wildman–Crippen MR) is 82.9 cm³/mol. The second-order valence-corrected chi connectivity index (χ2v) is 6.24. The van der Waals surface area contributed by atoms with E-state index in [1.807, 2.05) is 6.92 Å². The molecule has 0 saturated heterocycles. The summed E-state index contributed by atoms with van der Waals surface area (Å²) in [6.07, 6.45) is 0.720. The van der Waals surface area contributed by atoms with Crippen LogP contribution in [0.3, 0.4) is 0 Å². The van der Waals surface area contributed by atoms with Crippen LogP contribution in [0.25, 0.3) is 0 Å². The molecule has 0 unspecified atom stereocenters. The molecule has 0 bridgehead atoms. The van der Waals surface area contributed by atoms with Crippen molar-refractivity contribution in [1.82, 2.24) is 0 Å². The quantitative estimate of drug-likeness (QED) is 0.644. The van der Waals surface area contributed by atoms with Crippen molar-refractivity contribution in [2.45, 2.75) is 18.2 Å². The molecule has 2 aromatic carbocycles. The number of carbonyl (C=O) groups is 1. The van der Waals surface area contributed by atoms with E-state index < -0.39 is 16.1 Å². The lowest BCUT2D eigenvalue weighted by Crippen LogP contribution is -2.10. The molecular formula is C16H16O6S. The second kappa shape index (κ2) is 7.15. The van der Waals surface area contributed by atoms with Crippen molar-refractivity contribution < 1.29 is 27.2 Å². The third kappa shape index (κ3) is 4.46. The van der Waals surface area contributed by atoms with E-state index in [1.165, 1.54) is 48.5 Å². The van der Waals surface area contributed by atoms with Crippen LogP contribution in [0.4, 0.5) is 0 Å². The highest BCUT2D eigenvalue weighted by Crippen LogP contribution is 2.21. The largest absolute Gasteiger partial charge is 0.508 e. The maximum Gasteiger partial charge on any atom is 0.339 e. The number of hydrogen-bond acceptors (Lipinski definition) is 6. The second-order valence-electron chi connectivity index (χ2n) is 4.69. The maximum absolute atomic E-state index is 12.1. The van der Waals surface area contributed by atoms with E-state index in [2.05, 4.69) is 0 Å². The van der Waals surface area contributed by atoms with Crippen molar-refractivity contribution in [3.63, 3.8) is 0 Å². The molecule has 0 radical (unpaired) electrons. The Bertz CT molecular complexity index is 763. The van der Waals surface area contributed by atoms with Crippen molar-refractivity contribution in [2.24, 2.45) is 0 Å². The van der Waals surface area contributed by atoms with Crippen LogP contribution >= 0.6 is 0 Å². The Labute approximate surface area is 134 Å². The van der Waals surface area contributed by atoms with Gasteiger partial charge in [0.15, 0.2) is 0 Å². The van der Waals surface area contributed by atoms with Crippen molar-refractivity contribution in [3.8, 4) is 11.5 Å². The third-order valence-electron chi connectivity index (χ3n) is 2.86. The zero-order chi connectivity index (χ0) is 16.9. The topological polar surface area (TPSA) is 89.9 Å². The highest BCUT2D eigenvalue weighted by atomic mass is 32.2. The molecular weight excluding hydrogens is 320 g/mol. The SMILES string of the molecule is CCCOC(=O)c1ccc(OS(=O)(=O)c2ccc(O)cc2)cc1. The highest BCUT2D eigenvalue weighted by molar-refractivity contribution is 7.87. The molecule has 0 spiro atoms.